The number of nitrogens with zero attached hydrogens (tertiary/aromatic N) is 1. The predicted octanol–water partition coefficient (Wildman–Crippen LogP) is 4.76. The second-order valence-corrected chi connectivity index (χ2v) is 7.78. The Morgan fingerprint density at radius 3 is 2.35 bits per heavy atom. The number of carbonyl (C=O) groups excluding carboxylic acids is 1. The van der Waals surface area contributed by atoms with Crippen LogP contribution < -0.4 is 5.32 Å². The molecule has 0 fully saturated rings. The summed E-state index contributed by atoms with van der Waals surface area (Å²) in [6, 6.07) is 14.2. The molecule has 0 atom stereocenters. The van der Waals surface area contributed by atoms with Crippen molar-refractivity contribution in [2.45, 2.75) is 20.3 Å². The molecule has 0 saturated carbocycles. The number of rotatable bonds is 7. The number of carbonyl (C=O) groups is 1. The van der Waals surface area contributed by atoms with Crippen LogP contribution in [-0.4, -0.2) is 17.4 Å². The number of nitro benzene ring substituents is 1. The van der Waals surface area contributed by atoms with E-state index < -0.39 is 4.92 Å². The van der Waals surface area contributed by atoms with Crippen LogP contribution in [0.15, 0.2) is 59.1 Å². The Labute approximate surface area is 161 Å². The Kier molecular flexibility index (Phi) is 6.69. The molecule has 0 aliphatic rings. The minimum atomic E-state index is -0.451. The lowest BCUT2D eigenvalue weighted by Gasteiger charge is -2.25. The Morgan fingerprint density at radius 2 is 1.77 bits per heavy atom. The molecule has 1 amide bonds. The summed E-state index contributed by atoms with van der Waals surface area (Å²) in [5.41, 5.74) is 1.90. The Morgan fingerprint density at radius 1 is 1.15 bits per heavy atom. The molecule has 2 aromatic carbocycles. The largest absolute Gasteiger partial charge is 0.352 e. The second kappa shape index (κ2) is 8.76. The van der Waals surface area contributed by atoms with Gasteiger partial charge in [0.25, 0.3) is 5.69 Å². The van der Waals surface area contributed by atoms with Crippen molar-refractivity contribution in [2.75, 3.05) is 6.54 Å². The van der Waals surface area contributed by atoms with Gasteiger partial charge in [-0.25, -0.2) is 0 Å². The van der Waals surface area contributed by atoms with E-state index in [1.54, 1.807) is 18.2 Å². The third-order valence-electron chi connectivity index (χ3n) is 3.87. The van der Waals surface area contributed by atoms with Crippen molar-refractivity contribution in [3.63, 3.8) is 0 Å². The quantitative estimate of drug-likeness (QED) is 0.401. The number of nitrogens with one attached hydrogen (secondary N) is 1. The van der Waals surface area contributed by atoms with Gasteiger partial charge in [0.15, 0.2) is 0 Å². The number of halogens is 1. The Balaban J connectivity index is 1.86. The van der Waals surface area contributed by atoms with Gasteiger partial charge in [-0.1, -0.05) is 41.9 Å². The van der Waals surface area contributed by atoms with Gasteiger partial charge in [-0.2, -0.15) is 0 Å². The lowest BCUT2D eigenvalue weighted by Crippen LogP contribution is -2.34. The predicted molar refractivity (Wildman–Crippen MR) is 107 cm³/mol. The zero-order valence-electron chi connectivity index (χ0n) is 14.7. The van der Waals surface area contributed by atoms with E-state index in [0.29, 0.717) is 6.54 Å². The number of amides is 1. The van der Waals surface area contributed by atoms with Crippen LogP contribution in [0.5, 0.6) is 0 Å². The van der Waals surface area contributed by atoms with Crippen molar-refractivity contribution in [1.29, 1.82) is 0 Å². The SMILES string of the molecule is CC(C)(CNC(=O)/C=C/c1ccc([N+](=O)[O-])cc1)Cc1ccc(Br)cc1. The molecule has 0 aliphatic heterocycles. The number of non-ortho nitro benzene ring substituents is 1. The lowest BCUT2D eigenvalue weighted by molar-refractivity contribution is -0.384. The normalized spacial score (nSPS) is 11.5. The highest BCUT2D eigenvalue weighted by Gasteiger charge is 2.19. The van der Waals surface area contributed by atoms with Gasteiger partial charge in [-0.3, -0.25) is 14.9 Å². The monoisotopic (exact) mass is 416 g/mol. The van der Waals surface area contributed by atoms with E-state index in [1.165, 1.54) is 23.8 Å². The summed E-state index contributed by atoms with van der Waals surface area (Å²) in [6.07, 6.45) is 3.93. The molecule has 0 radical (unpaired) electrons. The van der Waals surface area contributed by atoms with Crippen molar-refractivity contribution in [3.05, 3.63) is 80.3 Å². The molecular formula is C20H21BrN2O3. The summed E-state index contributed by atoms with van der Waals surface area (Å²) in [5.74, 6) is -0.188. The van der Waals surface area contributed by atoms with E-state index in [9.17, 15) is 14.9 Å². The first-order valence-electron chi connectivity index (χ1n) is 8.20. The fourth-order valence-corrected chi connectivity index (χ4v) is 2.75. The first-order chi connectivity index (χ1) is 12.2. The summed E-state index contributed by atoms with van der Waals surface area (Å²) >= 11 is 3.42. The smallest absolute Gasteiger partial charge is 0.269 e. The van der Waals surface area contributed by atoms with E-state index in [1.807, 2.05) is 12.1 Å². The number of hydrogen-bond donors (Lipinski definition) is 1. The standard InChI is InChI=1S/C20H21BrN2O3/c1-20(2,13-16-3-8-17(21)9-4-16)14-22-19(24)12-7-15-5-10-18(11-6-15)23(25)26/h3-12H,13-14H2,1-2H3,(H,22,24)/b12-7+. The number of benzene rings is 2. The van der Waals surface area contributed by atoms with Gasteiger partial charge in [0.2, 0.25) is 5.91 Å². The molecule has 0 saturated heterocycles. The van der Waals surface area contributed by atoms with Crippen molar-refractivity contribution in [2.24, 2.45) is 5.41 Å². The van der Waals surface area contributed by atoms with E-state index in [2.05, 4.69) is 47.2 Å². The van der Waals surface area contributed by atoms with Crippen LogP contribution in [0.1, 0.15) is 25.0 Å². The van der Waals surface area contributed by atoms with E-state index in [0.717, 1.165) is 16.5 Å². The fraction of sp³-hybridized carbons (Fsp3) is 0.250. The molecule has 6 heteroatoms. The maximum absolute atomic E-state index is 12.0. The van der Waals surface area contributed by atoms with Crippen LogP contribution in [0.2, 0.25) is 0 Å². The topological polar surface area (TPSA) is 72.2 Å². The Hall–Kier alpha value is -2.47. The van der Waals surface area contributed by atoms with Crippen LogP contribution in [0, 0.1) is 15.5 Å². The number of nitro groups is 1. The molecule has 2 aromatic rings. The molecule has 26 heavy (non-hydrogen) atoms. The molecule has 136 valence electrons. The van der Waals surface area contributed by atoms with Crippen LogP contribution in [0.4, 0.5) is 5.69 Å². The average molecular weight is 417 g/mol. The maximum Gasteiger partial charge on any atom is 0.269 e. The van der Waals surface area contributed by atoms with Crippen LogP contribution in [-0.2, 0) is 11.2 Å². The van der Waals surface area contributed by atoms with Gasteiger partial charge in [0.1, 0.15) is 0 Å². The third-order valence-corrected chi connectivity index (χ3v) is 4.40. The van der Waals surface area contributed by atoms with Crippen molar-refractivity contribution >= 4 is 33.6 Å². The van der Waals surface area contributed by atoms with Crippen LogP contribution >= 0.6 is 15.9 Å². The van der Waals surface area contributed by atoms with Gasteiger partial charge in [0.05, 0.1) is 4.92 Å². The first kappa shape index (κ1) is 19.8. The molecule has 0 bridgehead atoms. The van der Waals surface area contributed by atoms with Crippen molar-refractivity contribution < 1.29 is 9.72 Å². The molecular weight excluding hydrogens is 396 g/mol. The van der Waals surface area contributed by atoms with E-state index in [-0.39, 0.29) is 17.0 Å². The minimum absolute atomic E-state index is 0.0290. The van der Waals surface area contributed by atoms with Gasteiger partial charge in [-0.05, 0) is 53.3 Å². The lowest BCUT2D eigenvalue weighted by atomic mass is 9.85. The van der Waals surface area contributed by atoms with Gasteiger partial charge >= 0.3 is 0 Å². The van der Waals surface area contributed by atoms with Crippen LogP contribution in [0.25, 0.3) is 6.08 Å². The highest BCUT2D eigenvalue weighted by atomic mass is 79.9. The molecule has 2 rings (SSSR count). The summed E-state index contributed by atoms with van der Waals surface area (Å²) in [6.45, 7) is 4.76. The first-order valence-corrected chi connectivity index (χ1v) is 8.99. The minimum Gasteiger partial charge on any atom is -0.352 e. The number of hydrogen-bond acceptors (Lipinski definition) is 3. The summed E-state index contributed by atoms with van der Waals surface area (Å²) in [4.78, 5) is 22.2. The third kappa shape index (κ3) is 6.44. The average Bonchev–Trinajstić information content (AvgIpc) is 2.60. The van der Waals surface area contributed by atoms with E-state index >= 15 is 0 Å². The Bertz CT molecular complexity index is 797. The summed E-state index contributed by atoms with van der Waals surface area (Å²) < 4.78 is 1.05. The second-order valence-electron chi connectivity index (χ2n) is 6.87. The fourth-order valence-electron chi connectivity index (χ4n) is 2.48. The molecule has 0 spiro atoms. The van der Waals surface area contributed by atoms with Crippen LogP contribution in [0.3, 0.4) is 0 Å². The van der Waals surface area contributed by atoms with Gasteiger partial charge in [-0.15, -0.1) is 0 Å². The molecule has 0 unspecified atom stereocenters. The van der Waals surface area contributed by atoms with Crippen molar-refractivity contribution in [1.82, 2.24) is 5.32 Å². The molecule has 5 nitrogen and oxygen atoms in total. The zero-order chi connectivity index (χ0) is 19.2. The molecule has 1 N–H and O–H groups in total. The highest BCUT2D eigenvalue weighted by molar-refractivity contribution is 9.10. The van der Waals surface area contributed by atoms with E-state index in [4.69, 9.17) is 0 Å². The van der Waals surface area contributed by atoms with Gasteiger partial charge in [0, 0.05) is 29.2 Å². The molecule has 0 aliphatic carbocycles. The maximum atomic E-state index is 12.0. The summed E-state index contributed by atoms with van der Waals surface area (Å²) in [7, 11) is 0. The zero-order valence-corrected chi connectivity index (χ0v) is 16.3. The van der Waals surface area contributed by atoms with Gasteiger partial charge < -0.3 is 5.32 Å². The van der Waals surface area contributed by atoms with Crippen molar-refractivity contribution in [3.8, 4) is 0 Å². The molecule has 0 aromatic heterocycles. The summed E-state index contributed by atoms with van der Waals surface area (Å²) in [5, 5.41) is 13.5. The molecule has 0 heterocycles. The highest BCUT2D eigenvalue weighted by Crippen LogP contribution is 2.22.